The molecule has 150 valence electrons. The van der Waals surface area contributed by atoms with Crippen LogP contribution in [0.5, 0.6) is 0 Å². The van der Waals surface area contributed by atoms with E-state index in [1.807, 2.05) is 0 Å². The molecule has 2 nitrogen and oxygen atoms in total. The van der Waals surface area contributed by atoms with Crippen LogP contribution in [-0.2, 0) is 0 Å². The summed E-state index contributed by atoms with van der Waals surface area (Å²) < 4.78 is 0. The fraction of sp³-hybridized carbons (Fsp3) is 1.00. The largest absolute Gasteiger partial charge is 0.393 e. The summed E-state index contributed by atoms with van der Waals surface area (Å²) in [6.45, 7) is 7.40. The van der Waals surface area contributed by atoms with E-state index in [1.54, 1.807) is 0 Å². The van der Waals surface area contributed by atoms with Gasteiger partial charge in [0.2, 0.25) is 0 Å². The van der Waals surface area contributed by atoms with Crippen LogP contribution < -0.4 is 0 Å². The smallest absolute Gasteiger partial charge is 0.0577 e. The highest BCUT2D eigenvalue weighted by Crippen LogP contribution is 2.67. The maximum Gasteiger partial charge on any atom is 0.0577 e. The van der Waals surface area contributed by atoms with Crippen molar-refractivity contribution >= 4 is 0 Å². The summed E-state index contributed by atoms with van der Waals surface area (Å²) >= 11 is 0. The van der Waals surface area contributed by atoms with E-state index in [0.717, 1.165) is 49.4 Å². The topological polar surface area (TPSA) is 40.5 Å². The monoisotopic (exact) mass is 362 g/mol. The van der Waals surface area contributed by atoms with Crippen LogP contribution >= 0.6 is 0 Å². The Kier molecular flexibility index (Phi) is 5.23. The minimum Gasteiger partial charge on any atom is -0.393 e. The first-order chi connectivity index (χ1) is 12.4. The Labute approximate surface area is 161 Å². The second kappa shape index (κ2) is 7.07. The molecule has 0 aromatic carbocycles. The van der Waals surface area contributed by atoms with Crippen LogP contribution in [0.3, 0.4) is 0 Å². The first-order valence-electron chi connectivity index (χ1n) is 11.8. The second-order valence-corrected chi connectivity index (χ2v) is 11.0. The lowest BCUT2D eigenvalue weighted by atomic mass is 9.44. The van der Waals surface area contributed by atoms with E-state index in [-0.39, 0.29) is 17.6 Å². The van der Waals surface area contributed by atoms with E-state index in [1.165, 1.54) is 51.4 Å². The van der Waals surface area contributed by atoms with Crippen LogP contribution in [0.25, 0.3) is 0 Å². The van der Waals surface area contributed by atoms with Crippen molar-refractivity contribution in [3.63, 3.8) is 0 Å². The Balaban J connectivity index is 1.54. The Bertz CT molecular complexity index is 504. The molecule has 2 N–H and O–H groups in total. The van der Waals surface area contributed by atoms with Crippen molar-refractivity contribution in [2.24, 2.45) is 40.4 Å². The van der Waals surface area contributed by atoms with Crippen LogP contribution in [0.1, 0.15) is 97.8 Å². The third-order valence-corrected chi connectivity index (χ3v) is 10.0. The van der Waals surface area contributed by atoms with Gasteiger partial charge in [-0.3, -0.25) is 0 Å². The van der Waals surface area contributed by atoms with Gasteiger partial charge in [0, 0.05) is 0 Å². The van der Waals surface area contributed by atoms with Gasteiger partial charge in [0.15, 0.2) is 0 Å². The van der Waals surface area contributed by atoms with E-state index < -0.39 is 0 Å². The number of hydrogen-bond acceptors (Lipinski definition) is 2. The van der Waals surface area contributed by atoms with Crippen LogP contribution in [0.4, 0.5) is 0 Å². The third kappa shape index (κ3) is 2.89. The molecule has 0 spiro atoms. The molecule has 4 fully saturated rings. The molecule has 0 aromatic heterocycles. The van der Waals surface area contributed by atoms with Crippen molar-refractivity contribution in [2.45, 2.75) is 110 Å². The number of aliphatic hydroxyl groups is 2. The quantitative estimate of drug-likeness (QED) is 0.643. The maximum atomic E-state index is 11.1. The average Bonchev–Trinajstić information content (AvgIpc) is 2.94. The van der Waals surface area contributed by atoms with Crippen LogP contribution in [0.2, 0.25) is 0 Å². The fourth-order valence-electron chi connectivity index (χ4n) is 8.50. The fourth-order valence-corrected chi connectivity index (χ4v) is 8.50. The van der Waals surface area contributed by atoms with Gasteiger partial charge in [0.25, 0.3) is 0 Å². The number of aliphatic hydroxyl groups excluding tert-OH is 2. The lowest BCUT2D eigenvalue weighted by Crippen LogP contribution is -2.58. The lowest BCUT2D eigenvalue weighted by molar-refractivity contribution is -0.171. The summed E-state index contributed by atoms with van der Waals surface area (Å²) in [4.78, 5) is 0. The lowest BCUT2D eigenvalue weighted by Gasteiger charge is -2.62. The van der Waals surface area contributed by atoms with Gasteiger partial charge in [-0.1, -0.05) is 40.0 Å². The van der Waals surface area contributed by atoms with E-state index in [0.29, 0.717) is 11.3 Å². The minimum absolute atomic E-state index is 0.178. The minimum atomic E-state index is -0.183. The predicted molar refractivity (Wildman–Crippen MR) is 107 cm³/mol. The molecule has 0 bridgehead atoms. The van der Waals surface area contributed by atoms with Gasteiger partial charge in [-0.25, -0.2) is 0 Å². The van der Waals surface area contributed by atoms with Crippen LogP contribution in [-0.4, -0.2) is 22.4 Å². The van der Waals surface area contributed by atoms with Crippen molar-refractivity contribution in [2.75, 3.05) is 0 Å². The molecule has 0 amide bonds. The summed E-state index contributed by atoms with van der Waals surface area (Å²) in [6, 6.07) is 0. The highest BCUT2D eigenvalue weighted by molar-refractivity contribution is 5.10. The van der Waals surface area contributed by atoms with Crippen molar-refractivity contribution < 1.29 is 10.2 Å². The van der Waals surface area contributed by atoms with Gasteiger partial charge >= 0.3 is 0 Å². The predicted octanol–water partition coefficient (Wildman–Crippen LogP) is 5.56. The Hall–Kier alpha value is -0.0800. The van der Waals surface area contributed by atoms with Crippen molar-refractivity contribution in [3.05, 3.63) is 0 Å². The Morgan fingerprint density at radius 3 is 2.31 bits per heavy atom. The van der Waals surface area contributed by atoms with Crippen molar-refractivity contribution in [1.29, 1.82) is 0 Å². The normalized spacial score (nSPS) is 53.7. The molecule has 9 unspecified atom stereocenters. The van der Waals surface area contributed by atoms with Gasteiger partial charge < -0.3 is 10.2 Å². The van der Waals surface area contributed by atoms with Crippen molar-refractivity contribution in [1.82, 2.24) is 0 Å². The summed E-state index contributed by atoms with van der Waals surface area (Å²) in [5.41, 5.74) is 0.801. The van der Waals surface area contributed by atoms with E-state index in [9.17, 15) is 10.2 Å². The van der Waals surface area contributed by atoms with Crippen LogP contribution in [0.15, 0.2) is 0 Å². The highest BCUT2D eigenvalue weighted by atomic mass is 16.3. The molecule has 9 atom stereocenters. The van der Waals surface area contributed by atoms with Gasteiger partial charge in [-0.15, -0.1) is 0 Å². The molecule has 0 saturated heterocycles. The van der Waals surface area contributed by atoms with Crippen molar-refractivity contribution in [3.8, 4) is 0 Å². The van der Waals surface area contributed by atoms with Gasteiger partial charge in [-0.05, 0) is 98.2 Å². The average molecular weight is 363 g/mol. The third-order valence-electron chi connectivity index (χ3n) is 10.0. The zero-order chi connectivity index (χ0) is 18.5. The first-order valence-corrected chi connectivity index (χ1v) is 11.8. The molecular weight excluding hydrogens is 320 g/mol. The molecule has 4 rings (SSSR count). The Morgan fingerprint density at radius 1 is 0.808 bits per heavy atom. The molecule has 0 radical (unpaired) electrons. The molecular formula is C24H42O2. The molecule has 4 aliphatic rings. The van der Waals surface area contributed by atoms with E-state index >= 15 is 0 Å². The summed E-state index contributed by atoms with van der Waals surface area (Å²) in [7, 11) is 0. The van der Waals surface area contributed by atoms with Gasteiger partial charge in [0.1, 0.15) is 0 Å². The molecule has 0 heterocycles. The highest BCUT2D eigenvalue weighted by Gasteiger charge is 2.61. The number of unbranched alkanes of at least 4 members (excludes halogenated alkanes) is 2. The van der Waals surface area contributed by atoms with Crippen LogP contribution in [0, 0.1) is 40.4 Å². The molecule has 0 aliphatic heterocycles. The SMILES string of the molecule is CCCCCC1CCC2C3CC(O)C4CC(O)CCC4(C)C3CCC12C. The van der Waals surface area contributed by atoms with E-state index in [4.69, 9.17) is 0 Å². The first kappa shape index (κ1) is 19.2. The zero-order valence-corrected chi connectivity index (χ0v) is 17.4. The molecule has 0 aromatic rings. The summed E-state index contributed by atoms with van der Waals surface area (Å²) in [5.74, 6) is 3.62. The molecule has 4 saturated carbocycles. The molecule has 2 heteroatoms. The maximum absolute atomic E-state index is 11.1. The number of hydrogen-bond donors (Lipinski definition) is 2. The van der Waals surface area contributed by atoms with Gasteiger partial charge in [0.05, 0.1) is 12.2 Å². The summed E-state index contributed by atoms with van der Waals surface area (Å²) in [5, 5.41) is 21.3. The number of fused-ring (bicyclic) bond motifs is 5. The molecule has 4 aliphatic carbocycles. The molecule has 26 heavy (non-hydrogen) atoms. The van der Waals surface area contributed by atoms with E-state index in [2.05, 4.69) is 20.8 Å². The van der Waals surface area contributed by atoms with Gasteiger partial charge in [-0.2, -0.15) is 0 Å². The summed E-state index contributed by atoms with van der Waals surface area (Å²) in [6.07, 6.45) is 14.8. The Morgan fingerprint density at radius 2 is 1.54 bits per heavy atom. The zero-order valence-electron chi connectivity index (χ0n) is 17.4. The number of rotatable bonds is 4. The standard InChI is InChI=1S/C24H42O2/c1-4-5-6-7-16-8-9-19-18-15-22(26)21-14-17(25)10-12-24(21,3)20(18)11-13-23(16,19)2/h16-22,25-26H,4-15H2,1-3H3. The second-order valence-electron chi connectivity index (χ2n) is 11.0.